The van der Waals surface area contributed by atoms with Crippen LogP contribution < -0.4 is 4.74 Å². The van der Waals surface area contributed by atoms with E-state index in [0.717, 1.165) is 21.1 Å². The lowest BCUT2D eigenvalue weighted by atomic mass is 10.1. The second-order valence-electron chi connectivity index (χ2n) is 5.25. The maximum absolute atomic E-state index is 9.54. The number of hydrogen-bond donors (Lipinski definition) is 0. The molecule has 4 rings (SSSR count). The van der Waals surface area contributed by atoms with E-state index in [4.69, 9.17) is 13.9 Å². The second-order valence-corrected chi connectivity index (χ2v) is 6.17. The summed E-state index contributed by atoms with van der Waals surface area (Å²) in [7, 11) is 0. The van der Waals surface area contributed by atoms with Crippen molar-refractivity contribution in [2.45, 2.75) is 6.61 Å². The first kappa shape index (κ1) is 14.9. The Balaban J connectivity index is 1.84. The van der Waals surface area contributed by atoms with E-state index < -0.39 is 0 Å². The third-order valence-electron chi connectivity index (χ3n) is 3.65. The van der Waals surface area contributed by atoms with Gasteiger partial charge < -0.3 is 13.9 Å². The minimum Gasteiger partial charge on any atom is -0.467 e. The molecule has 0 unspecified atom stereocenters. The quantitative estimate of drug-likeness (QED) is 0.609. The van der Waals surface area contributed by atoms with Gasteiger partial charge in [0.15, 0.2) is 12.4 Å². The predicted octanol–water partition coefficient (Wildman–Crippen LogP) is 4.52. The average molecular weight is 383 g/mol. The summed E-state index contributed by atoms with van der Waals surface area (Å²) >= 11 is 3.48. The summed E-state index contributed by atoms with van der Waals surface area (Å²) in [5.74, 6) is 1.01. The molecule has 0 atom stereocenters. The van der Waals surface area contributed by atoms with Crippen molar-refractivity contribution in [1.29, 1.82) is 5.26 Å². The van der Waals surface area contributed by atoms with E-state index in [1.54, 1.807) is 6.08 Å². The summed E-state index contributed by atoms with van der Waals surface area (Å²) < 4.78 is 17.5. The summed E-state index contributed by atoms with van der Waals surface area (Å²) in [6.45, 7) is 0.667. The van der Waals surface area contributed by atoms with Crippen LogP contribution in [0, 0.1) is 11.3 Å². The molecule has 0 bridgehead atoms. The van der Waals surface area contributed by atoms with E-state index in [1.807, 2.05) is 36.4 Å². The van der Waals surface area contributed by atoms with Gasteiger partial charge >= 0.3 is 0 Å². The monoisotopic (exact) mass is 382 g/mol. The Kier molecular flexibility index (Phi) is 3.81. The van der Waals surface area contributed by atoms with Crippen LogP contribution in [-0.4, -0.2) is 11.8 Å². The largest absolute Gasteiger partial charge is 0.467 e. The molecule has 2 aromatic carbocycles. The van der Waals surface area contributed by atoms with Crippen LogP contribution in [0.3, 0.4) is 0 Å². The van der Waals surface area contributed by atoms with E-state index in [0.29, 0.717) is 29.4 Å². The zero-order valence-corrected chi connectivity index (χ0v) is 14.0. The third-order valence-corrected chi connectivity index (χ3v) is 4.11. The Bertz CT molecular complexity index is 968. The average Bonchev–Trinajstić information content (AvgIpc) is 3.03. The number of fused-ring (bicyclic) bond motifs is 2. The molecule has 3 aromatic rings. The van der Waals surface area contributed by atoms with Crippen LogP contribution in [0.1, 0.15) is 17.0 Å². The van der Waals surface area contributed by atoms with E-state index in [1.165, 1.54) is 0 Å². The highest BCUT2D eigenvalue weighted by atomic mass is 79.9. The van der Waals surface area contributed by atoms with Gasteiger partial charge in [-0.1, -0.05) is 28.1 Å². The number of benzene rings is 2. The Hall–Kier alpha value is -2.62. The zero-order valence-electron chi connectivity index (χ0n) is 12.5. The second kappa shape index (κ2) is 6.11. The lowest BCUT2D eigenvalue weighted by Crippen LogP contribution is -2.12. The zero-order chi connectivity index (χ0) is 16.5. The molecule has 0 saturated carbocycles. The van der Waals surface area contributed by atoms with Gasteiger partial charge in [0.2, 0.25) is 5.89 Å². The molecule has 5 nitrogen and oxygen atoms in total. The van der Waals surface area contributed by atoms with E-state index in [9.17, 15) is 5.26 Å². The Morgan fingerprint density at radius 3 is 3.00 bits per heavy atom. The molecule has 2 heterocycles. The third kappa shape index (κ3) is 2.68. The predicted molar refractivity (Wildman–Crippen MR) is 91.9 cm³/mol. The highest BCUT2D eigenvalue weighted by Gasteiger charge is 2.17. The van der Waals surface area contributed by atoms with Crippen molar-refractivity contribution in [3.63, 3.8) is 0 Å². The molecule has 24 heavy (non-hydrogen) atoms. The summed E-state index contributed by atoms with van der Waals surface area (Å²) in [6.07, 6.45) is 1.72. The molecule has 118 valence electrons. The fourth-order valence-electron chi connectivity index (χ4n) is 2.60. The SMILES string of the molecule is N#C/C(=C\c1cc(Br)cc2c1OCOC2)c1nc2ccccc2o1. The highest BCUT2D eigenvalue weighted by molar-refractivity contribution is 9.10. The van der Waals surface area contributed by atoms with E-state index in [-0.39, 0.29) is 6.79 Å². The highest BCUT2D eigenvalue weighted by Crippen LogP contribution is 2.34. The van der Waals surface area contributed by atoms with Gasteiger partial charge in [0.25, 0.3) is 0 Å². The fourth-order valence-corrected chi connectivity index (χ4v) is 3.12. The first-order valence-corrected chi connectivity index (χ1v) is 8.04. The lowest BCUT2D eigenvalue weighted by Gasteiger charge is -2.20. The fraction of sp³-hybridized carbons (Fsp3) is 0.111. The number of aromatic nitrogens is 1. The lowest BCUT2D eigenvalue weighted by molar-refractivity contribution is -0.0165. The van der Waals surface area contributed by atoms with Crippen LogP contribution in [-0.2, 0) is 11.3 Å². The molecule has 1 aliphatic rings. The number of rotatable bonds is 2. The van der Waals surface area contributed by atoms with Crippen LogP contribution in [0.5, 0.6) is 5.75 Å². The minimum absolute atomic E-state index is 0.195. The van der Waals surface area contributed by atoms with Crippen molar-refractivity contribution >= 4 is 38.7 Å². The first-order valence-electron chi connectivity index (χ1n) is 7.25. The summed E-state index contributed by atoms with van der Waals surface area (Å²) in [5, 5.41) is 9.54. The van der Waals surface area contributed by atoms with Gasteiger partial charge in [0, 0.05) is 15.6 Å². The number of nitrogens with zero attached hydrogens (tertiary/aromatic N) is 2. The maximum Gasteiger partial charge on any atom is 0.238 e. The van der Waals surface area contributed by atoms with Crippen LogP contribution in [0.4, 0.5) is 0 Å². The van der Waals surface area contributed by atoms with Crippen molar-refractivity contribution < 1.29 is 13.9 Å². The molecule has 0 radical (unpaired) electrons. The molecule has 0 amide bonds. The minimum atomic E-state index is 0.195. The van der Waals surface area contributed by atoms with Crippen LogP contribution in [0.25, 0.3) is 22.7 Å². The maximum atomic E-state index is 9.54. The first-order chi connectivity index (χ1) is 11.7. The normalized spacial score (nSPS) is 14.1. The molecular weight excluding hydrogens is 372 g/mol. The van der Waals surface area contributed by atoms with E-state index >= 15 is 0 Å². The molecule has 0 N–H and O–H groups in total. The van der Waals surface area contributed by atoms with Crippen molar-refractivity contribution in [2.75, 3.05) is 6.79 Å². The molecule has 6 heteroatoms. The van der Waals surface area contributed by atoms with Gasteiger partial charge in [-0.15, -0.1) is 0 Å². The molecule has 0 spiro atoms. The van der Waals surface area contributed by atoms with Gasteiger partial charge in [-0.3, -0.25) is 0 Å². The number of halogens is 1. The summed E-state index contributed by atoms with van der Waals surface area (Å²) in [5.41, 5.74) is 3.41. The molecule has 1 aromatic heterocycles. The molecular formula is C18H11BrN2O3. The van der Waals surface area contributed by atoms with Gasteiger partial charge in [0.1, 0.15) is 22.9 Å². The number of allylic oxidation sites excluding steroid dienone is 1. The number of hydrogen-bond acceptors (Lipinski definition) is 5. The van der Waals surface area contributed by atoms with Gasteiger partial charge in [-0.2, -0.15) is 5.26 Å². The van der Waals surface area contributed by atoms with E-state index in [2.05, 4.69) is 27.0 Å². The smallest absolute Gasteiger partial charge is 0.238 e. The summed E-state index contributed by atoms with van der Waals surface area (Å²) in [4.78, 5) is 4.38. The molecule has 1 aliphatic heterocycles. The van der Waals surface area contributed by atoms with Crippen molar-refractivity contribution in [3.05, 3.63) is 57.9 Å². The Morgan fingerprint density at radius 2 is 2.17 bits per heavy atom. The van der Waals surface area contributed by atoms with Crippen LogP contribution in [0.15, 0.2) is 45.3 Å². The standard InChI is InChI=1S/C18H11BrN2O3/c19-14-6-11(17-13(7-14)9-22-10-23-17)5-12(8-20)18-21-15-3-1-2-4-16(15)24-18/h1-7H,9-10H2/b12-5+. The Morgan fingerprint density at radius 1 is 1.29 bits per heavy atom. The number of oxazole rings is 1. The molecule has 0 fully saturated rings. The number of nitriles is 1. The summed E-state index contributed by atoms with van der Waals surface area (Å²) in [6, 6.07) is 13.4. The topological polar surface area (TPSA) is 68.3 Å². The van der Waals surface area contributed by atoms with Crippen LogP contribution in [0.2, 0.25) is 0 Å². The van der Waals surface area contributed by atoms with Gasteiger partial charge in [-0.05, 0) is 30.3 Å². The molecule has 0 aliphatic carbocycles. The number of ether oxygens (including phenoxy) is 2. The number of para-hydroxylation sites is 2. The molecule has 0 saturated heterocycles. The van der Waals surface area contributed by atoms with Gasteiger partial charge in [-0.25, -0.2) is 4.98 Å². The van der Waals surface area contributed by atoms with Crippen molar-refractivity contribution in [3.8, 4) is 11.8 Å². The van der Waals surface area contributed by atoms with Crippen molar-refractivity contribution in [2.24, 2.45) is 0 Å². The van der Waals surface area contributed by atoms with Gasteiger partial charge in [0.05, 0.1) is 6.61 Å². The Labute approximate surface area is 146 Å². The van der Waals surface area contributed by atoms with Crippen molar-refractivity contribution in [1.82, 2.24) is 4.98 Å². The van der Waals surface area contributed by atoms with Crippen LogP contribution >= 0.6 is 15.9 Å².